The van der Waals surface area contributed by atoms with Gasteiger partial charge in [0.05, 0.1) is 19.3 Å². The van der Waals surface area contributed by atoms with Crippen molar-refractivity contribution in [1.82, 2.24) is 0 Å². The molecule has 0 amide bonds. The summed E-state index contributed by atoms with van der Waals surface area (Å²) in [6, 6.07) is 0. The molecule has 0 aromatic rings. The number of esters is 1. The molecule has 2 bridgehead atoms. The van der Waals surface area contributed by atoms with Gasteiger partial charge in [0.1, 0.15) is 11.0 Å². The van der Waals surface area contributed by atoms with Crippen LogP contribution in [-0.4, -0.2) is 36.0 Å². The SMILES string of the molecule is C[C@]12C(=O)OC[C@H]1[C@@H]1CC[C@@]2(CO)O1. The van der Waals surface area contributed by atoms with Gasteiger partial charge in [0.15, 0.2) is 0 Å². The molecule has 3 heterocycles. The fraction of sp³-hybridized carbons (Fsp3) is 0.900. The van der Waals surface area contributed by atoms with Crippen LogP contribution in [0.2, 0.25) is 0 Å². The lowest BCUT2D eigenvalue weighted by molar-refractivity contribution is -0.160. The van der Waals surface area contributed by atoms with Crippen LogP contribution in [-0.2, 0) is 14.3 Å². The second kappa shape index (κ2) is 2.31. The first kappa shape index (κ1) is 8.68. The zero-order chi connectivity index (χ0) is 9.97. The number of aliphatic hydroxyl groups is 1. The third kappa shape index (κ3) is 0.653. The molecule has 14 heavy (non-hydrogen) atoms. The molecule has 4 atom stereocenters. The van der Waals surface area contributed by atoms with Crippen molar-refractivity contribution in [2.45, 2.75) is 31.5 Å². The first-order chi connectivity index (χ1) is 6.64. The number of carbonyl (C=O) groups excluding carboxylic acids is 1. The summed E-state index contributed by atoms with van der Waals surface area (Å²) in [6.45, 7) is 2.26. The van der Waals surface area contributed by atoms with Crippen LogP contribution in [0, 0.1) is 11.3 Å². The Hall–Kier alpha value is -0.610. The van der Waals surface area contributed by atoms with Gasteiger partial charge in [0.2, 0.25) is 0 Å². The van der Waals surface area contributed by atoms with Crippen LogP contribution in [0.25, 0.3) is 0 Å². The number of carbonyl (C=O) groups is 1. The van der Waals surface area contributed by atoms with Crippen LogP contribution >= 0.6 is 0 Å². The van der Waals surface area contributed by atoms with E-state index in [0.717, 1.165) is 12.8 Å². The fourth-order valence-electron chi connectivity index (χ4n) is 3.37. The van der Waals surface area contributed by atoms with E-state index in [1.165, 1.54) is 0 Å². The summed E-state index contributed by atoms with van der Waals surface area (Å²) in [5, 5.41) is 9.44. The van der Waals surface area contributed by atoms with E-state index in [0.29, 0.717) is 6.61 Å². The van der Waals surface area contributed by atoms with Crippen molar-refractivity contribution in [3.8, 4) is 0 Å². The molecular weight excluding hydrogens is 184 g/mol. The van der Waals surface area contributed by atoms with E-state index in [1.54, 1.807) is 0 Å². The van der Waals surface area contributed by atoms with E-state index in [9.17, 15) is 9.90 Å². The van der Waals surface area contributed by atoms with Gasteiger partial charge in [0.25, 0.3) is 0 Å². The summed E-state index contributed by atoms with van der Waals surface area (Å²) < 4.78 is 10.9. The Balaban J connectivity index is 2.11. The maximum atomic E-state index is 11.7. The first-order valence-electron chi connectivity index (χ1n) is 5.10. The zero-order valence-corrected chi connectivity index (χ0v) is 8.16. The zero-order valence-electron chi connectivity index (χ0n) is 8.16. The molecule has 3 fully saturated rings. The number of hydrogen-bond acceptors (Lipinski definition) is 4. The summed E-state index contributed by atoms with van der Waals surface area (Å²) in [6.07, 6.45) is 1.83. The van der Waals surface area contributed by atoms with E-state index in [-0.39, 0.29) is 24.6 Å². The predicted octanol–water partition coefficient (Wildman–Crippen LogP) is 0.0894. The highest BCUT2D eigenvalue weighted by Crippen LogP contribution is 2.61. The molecule has 4 heteroatoms. The number of hydrogen-bond donors (Lipinski definition) is 1. The van der Waals surface area contributed by atoms with E-state index >= 15 is 0 Å². The van der Waals surface area contributed by atoms with Crippen molar-refractivity contribution < 1.29 is 19.4 Å². The average Bonchev–Trinajstić information content (AvgIpc) is 2.78. The molecule has 0 aromatic carbocycles. The standard InChI is InChI=1S/C10H14O4/c1-9-6(4-13-8(9)12)7-2-3-10(9,5-11)14-7/h6-7,11H,2-5H2,1H3/t6-,7-,9+,10-/m0/s1. The van der Waals surface area contributed by atoms with Crippen molar-refractivity contribution in [2.75, 3.05) is 13.2 Å². The van der Waals surface area contributed by atoms with Crippen LogP contribution < -0.4 is 0 Å². The number of ether oxygens (including phenoxy) is 2. The minimum atomic E-state index is -0.657. The lowest BCUT2D eigenvalue weighted by atomic mass is 9.62. The van der Waals surface area contributed by atoms with Crippen molar-refractivity contribution in [3.63, 3.8) is 0 Å². The molecule has 3 rings (SSSR count). The summed E-state index contributed by atoms with van der Waals surface area (Å²) in [5.41, 5.74) is -1.26. The average molecular weight is 198 g/mol. The maximum absolute atomic E-state index is 11.7. The number of cyclic esters (lactones) is 1. The molecule has 0 saturated carbocycles. The minimum Gasteiger partial charge on any atom is -0.465 e. The van der Waals surface area contributed by atoms with Crippen molar-refractivity contribution in [1.29, 1.82) is 0 Å². The molecule has 3 aliphatic rings. The third-order valence-electron chi connectivity index (χ3n) is 4.42. The summed E-state index contributed by atoms with van der Waals surface area (Å²) in [5.74, 6) is -0.0466. The smallest absolute Gasteiger partial charge is 0.315 e. The Labute approximate surface area is 82.2 Å². The maximum Gasteiger partial charge on any atom is 0.315 e. The first-order valence-corrected chi connectivity index (χ1v) is 5.10. The third-order valence-corrected chi connectivity index (χ3v) is 4.42. The van der Waals surface area contributed by atoms with E-state index in [4.69, 9.17) is 9.47 Å². The predicted molar refractivity (Wildman–Crippen MR) is 46.5 cm³/mol. The molecule has 0 aromatic heterocycles. The number of rotatable bonds is 1. The van der Waals surface area contributed by atoms with Gasteiger partial charge in [-0.15, -0.1) is 0 Å². The molecular formula is C10H14O4. The summed E-state index contributed by atoms with van der Waals surface area (Å²) in [4.78, 5) is 11.7. The van der Waals surface area contributed by atoms with Gasteiger partial charge < -0.3 is 14.6 Å². The molecule has 3 saturated heterocycles. The lowest BCUT2D eigenvalue weighted by Crippen LogP contribution is -2.52. The van der Waals surface area contributed by atoms with Crippen molar-refractivity contribution in [2.24, 2.45) is 11.3 Å². The Morgan fingerprint density at radius 3 is 3.14 bits per heavy atom. The molecule has 4 nitrogen and oxygen atoms in total. The van der Waals surface area contributed by atoms with Crippen LogP contribution in [0.5, 0.6) is 0 Å². The monoisotopic (exact) mass is 198 g/mol. The second-order valence-corrected chi connectivity index (χ2v) is 4.75. The summed E-state index contributed by atoms with van der Waals surface area (Å²) in [7, 11) is 0. The van der Waals surface area contributed by atoms with E-state index < -0.39 is 11.0 Å². The molecule has 0 spiro atoms. The topological polar surface area (TPSA) is 55.8 Å². The van der Waals surface area contributed by atoms with Gasteiger partial charge in [-0.05, 0) is 19.8 Å². The molecule has 78 valence electrons. The van der Waals surface area contributed by atoms with Gasteiger partial charge in [-0.1, -0.05) is 0 Å². The number of fused-ring (bicyclic) bond motifs is 5. The Kier molecular flexibility index (Phi) is 1.43. The Morgan fingerprint density at radius 2 is 2.43 bits per heavy atom. The van der Waals surface area contributed by atoms with E-state index in [1.807, 2.05) is 6.92 Å². The van der Waals surface area contributed by atoms with E-state index in [2.05, 4.69) is 0 Å². The van der Waals surface area contributed by atoms with Gasteiger partial charge >= 0.3 is 5.97 Å². The van der Waals surface area contributed by atoms with Crippen molar-refractivity contribution in [3.05, 3.63) is 0 Å². The molecule has 0 aliphatic carbocycles. The molecule has 0 unspecified atom stereocenters. The highest BCUT2D eigenvalue weighted by molar-refractivity contribution is 5.81. The molecule has 1 N–H and O–H groups in total. The minimum absolute atomic E-state index is 0.0778. The molecule has 0 radical (unpaired) electrons. The van der Waals surface area contributed by atoms with Gasteiger partial charge in [0, 0.05) is 5.92 Å². The van der Waals surface area contributed by atoms with Crippen LogP contribution in [0.15, 0.2) is 0 Å². The van der Waals surface area contributed by atoms with Crippen LogP contribution in [0.3, 0.4) is 0 Å². The molecule has 3 aliphatic heterocycles. The normalized spacial score (nSPS) is 54.9. The van der Waals surface area contributed by atoms with Crippen LogP contribution in [0.4, 0.5) is 0 Å². The van der Waals surface area contributed by atoms with Crippen molar-refractivity contribution >= 4 is 5.97 Å². The highest BCUT2D eigenvalue weighted by Gasteiger charge is 2.73. The van der Waals surface area contributed by atoms with Crippen LogP contribution in [0.1, 0.15) is 19.8 Å². The quantitative estimate of drug-likeness (QED) is 0.607. The summed E-state index contributed by atoms with van der Waals surface area (Å²) >= 11 is 0. The van der Waals surface area contributed by atoms with Gasteiger partial charge in [-0.25, -0.2) is 0 Å². The highest BCUT2D eigenvalue weighted by atomic mass is 16.6. The van der Waals surface area contributed by atoms with Gasteiger partial charge in [-0.2, -0.15) is 0 Å². The Bertz CT molecular complexity index is 302. The largest absolute Gasteiger partial charge is 0.465 e. The number of aliphatic hydroxyl groups excluding tert-OH is 1. The lowest BCUT2D eigenvalue weighted by Gasteiger charge is -2.37. The van der Waals surface area contributed by atoms with Gasteiger partial charge in [-0.3, -0.25) is 4.79 Å². The fourth-order valence-corrected chi connectivity index (χ4v) is 3.37. The Morgan fingerprint density at radius 1 is 1.64 bits per heavy atom. The second-order valence-electron chi connectivity index (χ2n) is 4.75.